The summed E-state index contributed by atoms with van der Waals surface area (Å²) in [5.74, 6) is 1.65. The second-order valence-electron chi connectivity index (χ2n) is 11.8. The van der Waals surface area contributed by atoms with E-state index in [0.29, 0.717) is 56.1 Å². The summed E-state index contributed by atoms with van der Waals surface area (Å²) in [5, 5.41) is 7.39. The fraction of sp³-hybridized carbons (Fsp3) is 0.517. The zero-order valence-corrected chi connectivity index (χ0v) is 24.8. The van der Waals surface area contributed by atoms with Crippen molar-refractivity contribution in [2.45, 2.75) is 69.0 Å². The van der Waals surface area contributed by atoms with E-state index >= 15 is 0 Å². The van der Waals surface area contributed by atoms with Crippen molar-refractivity contribution in [2.24, 2.45) is 5.92 Å². The molecule has 3 aromatic rings. The zero-order chi connectivity index (χ0) is 29.3. The van der Waals surface area contributed by atoms with Crippen molar-refractivity contribution in [3.63, 3.8) is 0 Å². The molecule has 224 valence electrons. The molecule has 4 bridgehead atoms. The van der Waals surface area contributed by atoms with E-state index in [1.165, 1.54) is 31.7 Å². The Bertz CT molecular complexity index is 1550. The van der Waals surface area contributed by atoms with E-state index < -0.39 is 21.5 Å². The van der Waals surface area contributed by atoms with Crippen LogP contribution in [0.15, 0.2) is 47.6 Å². The molecule has 0 radical (unpaired) electrons. The highest BCUT2D eigenvalue weighted by Gasteiger charge is 2.41. The smallest absolute Gasteiger partial charge is 0.281 e. The molecule has 0 spiro atoms. The van der Waals surface area contributed by atoms with Gasteiger partial charge in [-0.2, -0.15) is 8.42 Å². The van der Waals surface area contributed by atoms with Gasteiger partial charge in [0.15, 0.2) is 10.8 Å². The lowest BCUT2D eigenvalue weighted by Crippen LogP contribution is -2.41. The van der Waals surface area contributed by atoms with E-state index in [1.54, 1.807) is 41.2 Å². The summed E-state index contributed by atoms with van der Waals surface area (Å²) in [7, 11) is -4.25. The van der Waals surface area contributed by atoms with Crippen molar-refractivity contribution in [3.8, 4) is 11.7 Å². The van der Waals surface area contributed by atoms with Crippen LogP contribution >= 0.6 is 0 Å². The van der Waals surface area contributed by atoms with Crippen LogP contribution in [0.25, 0.3) is 5.82 Å². The molecule has 0 unspecified atom stereocenters. The van der Waals surface area contributed by atoms with Gasteiger partial charge >= 0.3 is 0 Å². The molecule has 2 fully saturated rings. The van der Waals surface area contributed by atoms with Gasteiger partial charge in [0.25, 0.3) is 15.9 Å². The average molecular weight is 596 g/mol. The number of amides is 1. The van der Waals surface area contributed by atoms with Gasteiger partial charge < -0.3 is 19.7 Å². The highest BCUT2D eigenvalue weighted by Crippen LogP contribution is 2.36. The molecule has 1 saturated heterocycles. The summed E-state index contributed by atoms with van der Waals surface area (Å²) in [6.07, 6.45) is 8.51. The first-order chi connectivity index (χ1) is 20.2. The Morgan fingerprint density at radius 3 is 2.79 bits per heavy atom. The highest BCUT2D eigenvalue weighted by atomic mass is 32.2. The van der Waals surface area contributed by atoms with E-state index in [1.807, 2.05) is 4.90 Å². The third-order valence-electron chi connectivity index (χ3n) is 8.24. The van der Waals surface area contributed by atoms with Crippen LogP contribution in [0, 0.1) is 5.92 Å². The molecule has 0 aromatic carbocycles. The minimum Gasteiger partial charge on any atom is -0.477 e. The maximum atomic E-state index is 13.5. The minimum atomic E-state index is -4.25. The Hall–Kier alpha value is -3.71. The maximum absolute atomic E-state index is 13.5. The Morgan fingerprint density at radius 1 is 1.12 bits per heavy atom. The lowest BCUT2D eigenvalue weighted by atomic mass is 10.0. The molecule has 5 heterocycles. The van der Waals surface area contributed by atoms with Gasteiger partial charge in [-0.25, -0.2) is 19.4 Å². The molecule has 12 nitrogen and oxygen atoms in total. The summed E-state index contributed by atoms with van der Waals surface area (Å²) in [5.41, 5.74) is -0.292. The first-order valence-electron chi connectivity index (χ1n) is 14.6. The van der Waals surface area contributed by atoms with Gasteiger partial charge in [0.2, 0.25) is 5.88 Å². The van der Waals surface area contributed by atoms with E-state index in [-0.39, 0.29) is 16.7 Å². The van der Waals surface area contributed by atoms with Crippen LogP contribution < -0.4 is 19.7 Å². The average Bonchev–Trinajstić information content (AvgIpc) is 3.71. The van der Waals surface area contributed by atoms with Crippen molar-refractivity contribution < 1.29 is 22.7 Å². The van der Waals surface area contributed by atoms with Gasteiger partial charge in [-0.05, 0) is 56.9 Å². The fourth-order valence-corrected chi connectivity index (χ4v) is 6.99. The lowest BCUT2D eigenvalue weighted by molar-refractivity contribution is 0.0710. The number of pyridine rings is 2. The predicted octanol–water partition coefficient (Wildman–Crippen LogP) is 3.54. The van der Waals surface area contributed by atoms with Gasteiger partial charge in [0.05, 0.1) is 24.9 Å². The number of ether oxygens (including phenoxy) is 2. The molecule has 6 rings (SSSR count). The number of carbonyl (C=O) groups is 1. The largest absolute Gasteiger partial charge is 0.477 e. The Kier molecular flexibility index (Phi) is 7.79. The van der Waals surface area contributed by atoms with Gasteiger partial charge in [-0.1, -0.05) is 31.7 Å². The molecule has 3 aliphatic rings. The van der Waals surface area contributed by atoms with Gasteiger partial charge in [-0.3, -0.25) is 4.79 Å². The second kappa shape index (κ2) is 11.5. The van der Waals surface area contributed by atoms with E-state index in [4.69, 9.17) is 14.5 Å². The molecule has 1 saturated carbocycles. The Labute approximate surface area is 245 Å². The molecule has 13 heteroatoms. The van der Waals surface area contributed by atoms with E-state index in [9.17, 15) is 13.2 Å². The number of aromatic nitrogens is 4. The monoisotopic (exact) mass is 595 g/mol. The molecule has 3 aromatic heterocycles. The SMILES string of the molecule is CC1(C)C[C@@H]2CN1c1nc(-n3ccc(OCCC4CCCC4)n3)ccc1C(=O)NS(=O)(=O)c1cccc(n1)NCCO2. The van der Waals surface area contributed by atoms with Crippen LogP contribution in [0.3, 0.4) is 0 Å². The topological polar surface area (TPSA) is 141 Å². The second-order valence-corrected chi connectivity index (χ2v) is 13.4. The standard InChI is InChI=1S/C29H37N7O5S/c1-29(2)18-21-19-35(29)27-22(28(37)34-42(38,39)26-9-5-8-23(31-26)30-14-17-40-21)10-11-24(32-27)36-15-12-25(33-36)41-16-13-20-6-3-4-7-20/h5,8-12,15,20-21H,3-4,6-7,13-14,16-19H2,1-2H3,(H,30,31)(H,34,37)/t21-/m1/s1. The summed E-state index contributed by atoms with van der Waals surface area (Å²) in [4.78, 5) is 24.6. The summed E-state index contributed by atoms with van der Waals surface area (Å²) in [6, 6.07) is 9.61. The van der Waals surface area contributed by atoms with Crippen LogP contribution in [0.5, 0.6) is 5.88 Å². The first-order valence-corrected chi connectivity index (χ1v) is 16.0. The van der Waals surface area contributed by atoms with Crippen LogP contribution in [-0.4, -0.2) is 72.0 Å². The summed E-state index contributed by atoms with van der Waals surface area (Å²) < 4.78 is 42.2. The van der Waals surface area contributed by atoms with Gasteiger partial charge in [0.1, 0.15) is 11.6 Å². The third-order valence-corrected chi connectivity index (χ3v) is 9.47. The minimum absolute atomic E-state index is 0.110. The Balaban J connectivity index is 1.32. The van der Waals surface area contributed by atoms with Crippen molar-refractivity contribution in [1.29, 1.82) is 0 Å². The predicted molar refractivity (Wildman–Crippen MR) is 157 cm³/mol. The number of sulfonamides is 1. The zero-order valence-electron chi connectivity index (χ0n) is 24.0. The number of anilines is 2. The molecular weight excluding hydrogens is 558 g/mol. The Morgan fingerprint density at radius 2 is 1.95 bits per heavy atom. The van der Waals surface area contributed by atoms with Gasteiger partial charge in [0, 0.05) is 30.9 Å². The quantitative estimate of drug-likeness (QED) is 0.450. The number of nitrogens with zero attached hydrogens (tertiary/aromatic N) is 5. The molecule has 2 N–H and O–H groups in total. The van der Waals surface area contributed by atoms with Crippen molar-refractivity contribution in [1.82, 2.24) is 24.5 Å². The highest BCUT2D eigenvalue weighted by molar-refractivity contribution is 7.90. The van der Waals surface area contributed by atoms with Crippen molar-refractivity contribution in [2.75, 3.05) is 36.5 Å². The molecule has 1 atom stereocenters. The number of rotatable bonds is 5. The van der Waals surface area contributed by atoms with Gasteiger partial charge in [-0.15, -0.1) is 5.10 Å². The van der Waals surface area contributed by atoms with Crippen molar-refractivity contribution >= 4 is 27.6 Å². The molecular formula is C29H37N7O5S. The normalized spacial score (nSPS) is 22.0. The van der Waals surface area contributed by atoms with Crippen molar-refractivity contribution in [3.05, 3.63) is 48.2 Å². The number of nitrogens with one attached hydrogen (secondary N) is 2. The van der Waals surface area contributed by atoms with Crippen LogP contribution in [-0.2, 0) is 14.8 Å². The third kappa shape index (κ3) is 6.07. The van der Waals surface area contributed by atoms with E-state index in [2.05, 4.69) is 34.0 Å². The number of hydrogen-bond donors (Lipinski definition) is 2. The summed E-state index contributed by atoms with van der Waals surface area (Å²) in [6.45, 7) is 6.07. The van der Waals surface area contributed by atoms with Crippen LogP contribution in [0.2, 0.25) is 0 Å². The van der Waals surface area contributed by atoms with Crippen LogP contribution in [0.4, 0.5) is 11.6 Å². The maximum Gasteiger partial charge on any atom is 0.281 e. The molecule has 1 aliphatic carbocycles. The van der Waals surface area contributed by atoms with E-state index in [0.717, 1.165) is 12.3 Å². The summed E-state index contributed by atoms with van der Waals surface area (Å²) >= 11 is 0. The molecule has 2 aliphatic heterocycles. The first kappa shape index (κ1) is 28.4. The fourth-order valence-electron chi connectivity index (χ4n) is 6.05. The molecule has 42 heavy (non-hydrogen) atoms. The molecule has 1 amide bonds. The lowest BCUT2D eigenvalue weighted by Gasteiger charge is -2.33. The number of fused-ring (bicyclic) bond motifs is 6. The number of hydrogen-bond acceptors (Lipinski definition) is 10. The van der Waals surface area contributed by atoms with Crippen LogP contribution in [0.1, 0.15) is 62.7 Å². The number of carbonyl (C=O) groups excluding carboxylic acids is 1.